The van der Waals surface area contributed by atoms with Crippen molar-refractivity contribution in [2.75, 3.05) is 6.61 Å². The number of hydrogen-bond donors (Lipinski definition) is 0. The molecule has 84 valence electrons. The fraction of sp³-hybridized carbons (Fsp3) is 0.300. The molecule has 2 aromatic rings. The molecule has 0 spiro atoms. The van der Waals surface area contributed by atoms with E-state index in [1.807, 2.05) is 7.05 Å². The fourth-order valence-electron chi connectivity index (χ4n) is 1.43. The molecule has 2 aromatic heterocycles. The third-order valence-electron chi connectivity index (χ3n) is 2.14. The van der Waals surface area contributed by atoms with Crippen LogP contribution in [0.5, 0.6) is 0 Å². The Morgan fingerprint density at radius 1 is 1.56 bits per heavy atom. The van der Waals surface area contributed by atoms with Crippen molar-refractivity contribution in [1.82, 2.24) is 14.5 Å². The average Bonchev–Trinajstić information content (AvgIpc) is 2.61. The molecule has 0 aromatic carbocycles. The van der Waals surface area contributed by atoms with E-state index in [0.717, 1.165) is 0 Å². The Bertz CT molecular complexity index is 550. The number of aryl methyl sites for hydroxylation is 1. The van der Waals surface area contributed by atoms with Crippen molar-refractivity contribution < 1.29 is 9.53 Å². The van der Waals surface area contributed by atoms with Gasteiger partial charge in [0.05, 0.1) is 12.1 Å². The Morgan fingerprint density at radius 2 is 2.31 bits per heavy atom. The van der Waals surface area contributed by atoms with Gasteiger partial charge in [-0.05, 0) is 13.0 Å². The highest BCUT2D eigenvalue weighted by molar-refractivity contribution is 6.33. The van der Waals surface area contributed by atoms with Gasteiger partial charge < -0.3 is 9.30 Å². The summed E-state index contributed by atoms with van der Waals surface area (Å²) in [6, 6.07) is 1.77. The summed E-state index contributed by atoms with van der Waals surface area (Å²) in [5, 5.41) is 0.251. The lowest BCUT2D eigenvalue weighted by Crippen LogP contribution is -2.10. The van der Waals surface area contributed by atoms with Gasteiger partial charge in [0, 0.05) is 13.2 Å². The van der Waals surface area contributed by atoms with Gasteiger partial charge in [-0.15, -0.1) is 0 Å². The van der Waals surface area contributed by atoms with E-state index in [0.29, 0.717) is 11.0 Å². The summed E-state index contributed by atoms with van der Waals surface area (Å²) in [5.41, 5.74) is 1.33. The number of ether oxygens (including phenoxy) is 1. The van der Waals surface area contributed by atoms with Crippen LogP contribution in [0.2, 0.25) is 5.15 Å². The van der Waals surface area contributed by atoms with Crippen LogP contribution in [0.1, 0.15) is 17.5 Å². The minimum atomic E-state index is -0.560. The lowest BCUT2D eigenvalue weighted by atomic mass is 10.4. The molecule has 0 radical (unpaired) electrons. The summed E-state index contributed by atoms with van der Waals surface area (Å²) >= 11 is 5.97. The van der Waals surface area contributed by atoms with Crippen molar-refractivity contribution in [1.29, 1.82) is 0 Å². The molecular weight excluding hydrogens is 230 g/mol. The molecule has 16 heavy (non-hydrogen) atoms. The van der Waals surface area contributed by atoms with Crippen molar-refractivity contribution in [2.24, 2.45) is 7.05 Å². The maximum atomic E-state index is 11.4. The highest BCUT2D eigenvalue weighted by Crippen LogP contribution is 2.20. The molecule has 0 amide bonds. The second-order valence-electron chi connectivity index (χ2n) is 3.22. The zero-order valence-electron chi connectivity index (χ0n) is 8.90. The summed E-state index contributed by atoms with van der Waals surface area (Å²) < 4.78 is 6.61. The second kappa shape index (κ2) is 4.09. The summed E-state index contributed by atoms with van der Waals surface area (Å²) in [5.74, 6) is -0.569. The summed E-state index contributed by atoms with van der Waals surface area (Å²) in [7, 11) is 1.83. The standard InChI is InChI=1S/C10H10ClN3O2/c1-3-16-10(15)9-12-6-4-5-14(2)7(6)8(11)13-9/h4-5H,3H2,1-2H3. The third kappa shape index (κ3) is 1.74. The lowest BCUT2D eigenvalue weighted by Gasteiger charge is -2.02. The third-order valence-corrected chi connectivity index (χ3v) is 2.40. The SMILES string of the molecule is CCOC(=O)c1nc(Cl)c2c(ccn2C)n1. The van der Waals surface area contributed by atoms with Crippen LogP contribution in [-0.4, -0.2) is 27.1 Å². The molecule has 0 N–H and O–H groups in total. The molecule has 0 fully saturated rings. The molecule has 0 aliphatic carbocycles. The van der Waals surface area contributed by atoms with Gasteiger partial charge in [-0.1, -0.05) is 11.6 Å². The molecule has 0 aliphatic rings. The minimum absolute atomic E-state index is 0.00875. The first-order chi connectivity index (χ1) is 7.63. The highest BCUT2D eigenvalue weighted by atomic mass is 35.5. The highest BCUT2D eigenvalue weighted by Gasteiger charge is 2.15. The Kier molecular flexibility index (Phi) is 2.78. The number of carbonyl (C=O) groups excluding carboxylic acids is 1. The smallest absolute Gasteiger partial charge is 0.376 e. The van der Waals surface area contributed by atoms with Crippen molar-refractivity contribution >= 4 is 28.6 Å². The molecule has 0 atom stereocenters. The van der Waals surface area contributed by atoms with Crippen LogP contribution in [0.3, 0.4) is 0 Å². The predicted molar refractivity (Wildman–Crippen MR) is 59.5 cm³/mol. The summed E-state index contributed by atoms with van der Waals surface area (Å²) in [6.07, 6.45) is 1.81. The first-order valence-corrected chi connectivity index (χ1v) is 5.17. The molecule has 2 rings (SSSR count). The van der Waals surface area contributed by atoms with E-state index >= 15 is 0 Å². The summed E-state index contributed by atoms with van der Waals surface area (Å²) in [6.45, 7) is 2.01. The molecule has 0 saturated heterocycles. The molecule has 6 heteroatoms. The number of hydrogen-bond acceptors (Lipinski definition) is 4. The van der Waals surface area contributed by atoms with Crippen LogP contribution in [-0.2, 0) is 11.8 Å². The van der Waals surface area contributed by atoms with Crippen LogP contribution < -0.4 is 0 Å². The maximum absolute atomic E-state index is 11.4. The van der Waals surface area contributed by atoms with Crippen molar-refractivity contribution in [2.45, 2.75) is 6.92 Å². The molecule has 0 aliphatic heterocycles. The van der Waals surface area contributed by atoms with E-state index in [-0.39, 0.29) is 17.6 Å². The van der Waals surface area contributed by atoms with Crippen LogP contribution in [0.4, 0.5) is 0 Å². The van der Waals surface area contributed by atoms with Gasteiger partial charge in [0.15, 0.2) is 5.15 Å². The molecule has 2 heterocycles. The van der Waals surface area contributed by atoms with E-state index in [1.165, 1.54) is 0 Å². The minimum Gasteiger partial charge on any atom is -0.460 e. The van der Waals surface area contributed by atoms with E-state index in [2.05, 4.69) is 9.97 Å². The second-order valence-corrected chi connectivity index (χ2v) is 3.58. The number of fused-ring (bicyclic) bond motifs is 1. The largest absolute Gasteiger partial charge is 0.460 e. The molecule has 0 unspecified atom stereocenters. The topological polar surface area (TPSA) is 57.0 Å². The first kappa shape index (κ1) is 10.9. The maximum Gasteiger partial charge on any atom is 0.376 e. The summed E-state index contributed by atoms with van der Waals surface area (Å²) in [4.78, 5) is 19.4. The van der Waals surface area contributed by atoms with E-state index in [1.54, 1.807) is 23.8 Å². The van der Waals surface area contributed by atoms with E-state index in [4.69, 9.17) is 16.3 Å². The Labute approximate surface area is 97.0 Å². The van der Waals surface area contributed by atoms with E-state index in [9.17, 15) is 4.79 Å². The number of aromatic nitrogens is 3. The monoisotopic (exact) mass is 239 g/mol. The quantitative estimate of drug-likeness (QED) is 0.592. The van der Waals surface area contributed by atoms with E-state index < -0.39 is 5.97 Å². The van der Waals surface area contributed by atoms with Crippen molar-refractivity contribution in [3.8, 4) is 0 Å². The van der Waals surface area contributed by atoms with Gasteiger partial charge in [0.25, 0.3) is 0 Å². The van der Waals surface area contributed by atoms with Crippen LogP contribution >= 0.6 is 11.6 Å². The van der Waals surface area contributed by atoms with Gasteiger partial charge in [-0.25, -0.2) is 14.8 Å². The zero-order valence-corrected chi connectivity index (χ0v) is 9.65. The Balaban J connectivity index is 2.54. The normalized spacial score (nSPS) is 10.7. The Hall–Kier alpha value is -1.62. The van der Waals surface area contributed by atoms with Crippen molar-refractivity contribution in [3.05, 3.63) is 23.2 Å². The number of esters is 1. The number of carbonyl (C=O) groups is 1. The lowest BCUT2D eigenvalue weighted by molar-refractivity contribution is 0.0512. The molecule has 0 saturated carbocycles. The van der Waals surface area contributed by atoms with Gasteiger partial charge >= 0.3 is 5.97 Å². The molecular formula is C10H10ClN3O2. The predicted octanol–water partition coefficient (Wildman–Crippen LogP) is 1.80. The number of nitrogens with zero attached hydrogens (tertiary/aromatic N) is 3. The number of halogens is 1. The molecule has 0 bridgehead atoms. The van der Waals surface area contributed by atoms with Gasteiger partial charge in [0.1, 0.15) is 5.52 Å². The Morgan fingerprint density at radius 3 is 3.00 bits per heavy atom. The molecule has 5 nitrogen and oxygen atoms in total. The van der Waals surface area contributed by atoms with Crippen molar-refractivity contribution in [3.63, 3.8) is 0 Å². The van der Waals surface area contributed by atoms with Crippen LogP contribution in [0, 0.1) is 0 Å². The van der Waals surface area contributed by atoms with Gasteiger partial charge in [0.2, 0.25) is 5.82 Å². The van der Waals surface area contributed by atoms with Gasteiger partial charge in [-0.2, -0.15) is 0 Å². The van der Waals surface area contributed by atoms with Crippen LogP contribution in [0.25, 0.3) is 11.0 Å². The van der Waals surface area contributed by atoms with Crippen LogP contribution in [0.15, 0.2) is 12.3 Å². The van der Waals surface area contributed by atoms with Gasteiger partial charge in [-0.3, -0.25) is 0 Å². The first-order valence-electron chi connectivity index (χ1n) is 4.79. The fourth-order valence-corrected chi connectivity index (χ4v) is 1.74. The zero-order chi connectivity index (χ0) is 11.7. The average molecular weight is 240 g/mol. The number of rotatable bonds is 2.